The molecule has 0 fully saturated rings. The van der Waals surface area contributed by atoms with E-state index in [-0.39, 0.29) is 17.4 Å². The lowest BCUT2D eigenvalue weighted by atomic mass is 10.0. The summed E-state index contributed by atoms with van der Waals surface area (Å²) in [6.45, 7) is 1.84. The molecule has 1 amide bonds. The first-order valence-corrected chi connectivity index (χ1v) is 7.79. The average molecular weight is 343 g/mol. The topological polar surface area (TPSA) is 84.9 Å². The standard InChI is InChI=1S/C19H21NO5/c1-12(21)16-11-18(25-3)17(24-2)10-14(16)8-9-20-19(23)13-4-6-15(22)7-5-13/h4-7,10-11,22H,8-9H2,1-3H3,(H,20,23). The second-order valence-electron chi connectivity index (χ2n) is 5.47. The fourth-order valence-corrected chi connectivity index (χ4v) is 2.48. The molecule has 0 saturated carbocycles. The predicted molar refractivity (Wildman–Crippen MR) is 93.7 cm³/mol. The number of Topliss-reactive ketones (excluding diaryl/α,β-unsaturated/α-hetero) is 1. The van der Waals surface area contributed by atoms with Crippen molar-refractivity contribution in [1.82, 2.24) is 5.32 Å². The Labute approximate surface area is 146 Å². The van der Waals surface area contributed by atoms with E-state index in [0.29, 0.717) is 35.6 Å². The minimum atomic E-state index is -0.246. The molecular formula is C19H21NO5. The molecule has 0 radical (unpaired) electrons. The molecule has 0 heterocycles. The molecule has 2 aromatic carbocycles. The molecule has 0 aliphatic carbocycles. The summed E-state index contributed by atoms with van der Waals surface area (Å²) in [5, 5.41) is 12.0. The first-order chi connectivity index (χ1) is 12.0. The van der Waals surface area contributed by atoms with Crippen LogP contribution in [0.1, 0.15) is 33.2 Å². The lowest BCUT2D eigenvalue weighted by Crippen LogP contribution is -2.26. The van der Waals surface area contributed by atoms with Crippen LogP contribution in [0.3, 0.4) is 0 Å². The molecule has 6 nitrogen and oxygen atoms in total. The Bertz CT molecular complexity index is 768. The zero-order valence-electron chi connectivity index (χ0n) is 14.5. The number of rotatable bonds is 7. The summed E-state index contributed by atoms with van der Waals surface area (Å²) < 4.78 is 10.5. The second-order valence-corrected chi connectivity index (χ2v) is 5.47. The van der Waals surface area contributed by atoms with Crippen LogP contribution in [0, 0.1) is 0 Å². The van der Waals surface area contributed by atoms with E-state index in [2.05, 4.69) is 5.32 Å². The lowest BCUT2D eigenvalue weighted by molar-refractivity contribution is 0.0953. The van der Waals surface area contributed by atoms with Gasteiger partial charge in [-0.3, -0.25) is 9.59 Å². The van der Waals surface area contributed by atoms with Gasteiger partial charge >= 0.3 is 0 Å². The molecule has 6 heteroatoms. The number of hydrogen-bond acceptors (Lipinski definition) is 5. The first kappa shape index (κ1) is 18.3. The molecular weight excluding hydrogens is 322 g/mol. The summed E-state index contributed by atoms with van der Waals surface area (Å²) in [6, 6.07) is 9.40. The van der Waals surface area contributed by atoms with E-state index in [1.165, 1.54) is 33.3 Å². The van der Waals surface area contributed by atoms with Crippen LogP contribution in [0.25, 0.3) is 0 Å². The first-order valence-electron chi connectivity index (χ1n) is 7.79. The quantitative estimate of drug-likeness (QED) is 0.755. The number of ketones is 1. The molecule has 0 spiro atoms. The van der Waals surface area contributed by atoms with E-state index < -0.39 is 0 Å². The number of carbonyl (C=O) groups excluding carboxylic acids is 2. The molecule has 2 rings (SSSR count). The summed E-state index contributed by atoms with van der Waals surface area (Å²) in [7, 11) is 3.04. The Hall–Kier alpha value is -3.02. The van der Waals surface area contributed by atoms with Gasteiger partial charge in [-0.15, -0.1) is 0 Å². The maximum absolute atomic E-state index is 12.1. The number of carbonyl (C=O) groups is 2. The number of ether oxygens (including phenoxy) is 2. The van der Waals surface area contributed by atoms with Crippen molar-refractivity contribution in [2.24, 2.45) is 0 Å². The van der Waals surface area contributed by atoms with Crippen LogP contribution in [-0.2, 0) is 6.42 Å². The zero-order valence-corrected chi connectivity index (χ0v) is 14.5. The molecule has 2 N–H and O–H groups in total. The summed E-state index contributed by atoms with van der Waals surface area (Å²) in [5.41, 5.74) is 1.77. The molecule has 0 saturated heterocycles. The highest BCUT2D eigenvalue weighted by molar-refractivity contribution is 5.96. The SMILES string of the molecule is COc1cc(CCNC(=O)c2ccc(O)cc2)c(C(C)=O)cc1OC. The summed E-state index contributed by atoms with van der Waals surface area (Å²) >= 11 is 0. The van der Waals surface area contributed by atoms with E-state index in [1.54, 1.807) is 24.3 Å². The second kappa shape index (κ2) is 8.19. The van der Waals surface area contributed by atoms with Gasteiger partial charge in [-0.1, -0.05) is 0 Å². The predicted octanol–water partition coefficient (Wildman–Crippen LogP) is 2.58. The number of hydrogen-bond donors (Lipinski definition) is 2. The van der Waals surface area contributed by atoms with Crippen molar-refractivity contribution in [2.45, 2.75) is 13.3 Å². The van der Waals surface area contributed by atoms with Crippen molar-refractivity contribution in [3.8, 4) is 17.2 Å². The van der Waals surface area contributed by atoms with Crippen molar-refractivity contribution in [1.29, 1.82) is 0 Å². The lowest BCUT2D eigenvalue weighted by Gasteiger charge is -2.14. The van der Waals surface area contributed by atoms with Gasteiger partial charge in [0.1, 0.15) is 5.75 Å². The van der Waals surface area contributed by atoms with Gasteiger partial charge in [0.15, 0.2) is 17.3 Å². The molecule has 2 aromatic rings. The third kappa shape index (κ3) is 4.50. The van der Waals surface area contributed by atoms with E-state index >= 15 is 0 Å². The molecule has 0 aliphatic rings. The summed E-state index contributed by atoms with van der Waals surface area (Å²) in [6.07, 6.45) is 0.471. The fourth-order valence-electron chi connectivity index (χ4n) is 2.48. The van der Waals surface area contributed by atoms with Crippen molar-refractivity contribution < 1.29 is 24.2 Å². The van der Waals surface area contributed by atoms with Gasteiger partial charge in [0.2, 0.25) is 0 Å². The van der Waals surface area contributed by atoms with Crippen LogP contribution in [0.15, 0.2) is 36.4 Å². The van der Waals surface area contributed by atoms with Crippen LogP contribution in [0.5, 0.6) is 17.2 Å². The number of phenols is 1. The fraction of sp³-hybridized carbons (Fsp3) is 0.263. The van der Waals surface area contributed by atoms with Crippen LogP contribution in [0.4, 0.5) is 0 Å². The zero-order chi connectivity index (χ0) is 18.4. The molecule has 0 atom stereocenters. The number of amides is 1. The molecule has 0 unspecified atom stereocenters. The number of aromatic hydroxyl groups is 1. The van der Waals surface area contributed by atoms with Crippen molar-refractivity contribution in [2.75, 3.05) is 20.8 Å². The van der Waals surface area contributed by atoms with E-state index in [0.717, 1.165) is 5.56 Å². The Balaban J connectivity index is 2.10. The Morgan fingerprint density at radius 2 is 1.64 bits per heavy atom. The van der Waals surface area contributed by atoms with Crippen molar-refractivity contribution in [3.05, 3.63) is 53.1 Å². The van der Waals surface area contributed by atoms with Gasteiger partial charge < -0.3 is 19.9 Å². The molecule has 132 valence electrons. The van der Waals surface area contributed by atoms with Gasteiger partial charge in [-0.05, 0) is 55.3 Å². The Morgan fingerprint density at radius 1 is 1.04 bits per heavy atom. The summed E-state index contributed by atoms with van der Waals surface area (Å²) in [4.78, 5) is 24.0. The molecule has 0 bridgehead atoms. The number of methoxy groups -OCH3 is 2. The number of benzene rings is 2. The van der Waals surface area contributed by atoms with E-state index in [4.69, 9.17) is 9.47 Å². The highest BCUT2D eigenvalue weighted by Gasteiger charge is 2.14. The highest BCUT2D eigenvalue weighted by Crippen LogP contribution is 2.31. The Morgan fingerprint density at radius 3 is 2.20 bits per heavy atom. The number of phenolic OH excluding ortho intramolecular Hbond substituents is 1. The largest absolute Gasteiger partial charge is 0.508 e. The van der Waals surface area contributed by atoms with Gasteiger partial charge in [-0.2, -0.15) is 0 Å². The van der Waals surface area contributed by atoms with Crippen molar-refractivity contribution in [3.63, 3.8) is 0 Å². The molecule has 0 aliphatic heterocycles. The Kier molecular flexibility index (Phi) is 6.00. The van der Waals surface area contributed by atoms with Crippen molar-refractivity contribution >= 4 is 11.7 Å². The van der Waals surface area contributed by atoms with E-state index in [1.807, 2.05) is 0 Å². The minimum Gasteiger partial charge on any atom is -0.508 e. The van der Waals surface area contributed by atoms with Crippen LogP contribution < -0.4 is 14.8 Å². The molecule has 0 aromatic heterocycles. The minimum absolute atomic E-state index is 0.0826. The van der Waals surface area contributed by atoms with Gasteiger partial charge in [-0.25, -0.2) is 0 Å². The maximum atomic E-state index is 12.1. The van der Waals surface area contributed by atoms with Gasteiger partial charge in [0.25, 0.3) is 5.91 Å². The van der Waals surface area contributed by atoms with Gasteiger partial charge in [0, 0.05) is 17.7 Å². The normalized spacial score (nSPS) is 10.2. The van der Waals surface area contributed by atoms with Gasteiger partial charge in [0.05, 0.1) is 14.2 Å². The monoisotopic (exact) mass is 343 g/mol. The maximum Gasteiger partial charge on any atom is 0.251 e. The van der Waals surface area contributed by atoms with Crippen LogP contribution >= 0.6 is 0 Å². The third-order valence-corrected chi connectivity index (χ3v) is 3.80. The van der Waals surface area contributed by atoms with Crippen LogP contribution in [-0.4, -0.2) is 37.6 Å². The van der Waals surface area contributed by atoms with E-state index in [9.17, 15) is 14.7 Å². The molecule has 25 heavy (non-hydrogen) atoms. The number of nitrogens with one attached hydrogen (secondary N) is 1. The third-order valence-electron chi connectivity index (χ3n) is 3.80. The smallest absolute Gasteiger partial charge is 0.251 e. The average Bonchev–Trinajstić information content (AvgIpc) is 2.61. The highest BCUT2D eigenvalue weighted by atomic mass is 16.5. The van der Waals surface area contributed by atoms with Crippen LogP contribution in [0.2, 0.25) is 0 Å². The summed E-state index contributed by atoms with van der Waals surface area (Å²) in [5.74, 6) is 0.801.